The van der Waals surface area contributed by atoms with E-state index in [-0.39, 0.29) is 0 Å². The Balaban J connectivity index is 1.76. The van der Waals surface area contributed by atoms with E-state index in [0.717, 1.165) is 12.5 Å². The second kappa shape index (κ2) is 5.48. The summed E-state index contributed by atoms with van der Waals surface area (Å²) in [6.07, 6.45) is 2.60. The van der Waals surface area contributed by atoms with Gasteiger partial charge < -0.3 is 5.32 Å². The molecule has 0 radical (unpaired) electrons. The van der Waals surface area contributed by atoms with Crippen LogP contribution in [0.5, 0.6) is 0 Å². The van der Waals surface area contributed by atoms with Crippen LogP contribution in [0.2, 0.25) is 0 Å². The quantitative estimate of drug-likeness (QED) is 0.808. The van der Waals surface area contributed by atoms with Gasteiger partial charge in [-0.3, -0.25) is 4.99 Å². The largest absolute Gasteiger partial charge is 0.362 e. The molecule has 15 heavy (non-hydrogen) atoms. The molecule has 0 spiro atoms. The van der Waals surface area contributed by atoms with Crippen LogP contribution >= 0.6 is 23.5 Å². The topological polar surface area (TPSA) is 24.4 Å². The smallest absolute Gasteiger partial charge is 0.157 e. The van der Waals surface area contributed by atoms with E-state index in [2.05, 4.69) is 35.9 Å². The molecule has 0 aromatic rings. The first-order valence-corrected chi connectivity index (χ1v) is 7.84. The average molecular weight is 244 g/mol. The predicted molar refractivity (Wildman–Crippen MR) is 72.0 cm³/mol. The standard InChI is InChI=1S/C11H20N2S2/c1-8(2)10-7-12-11(15-10)13-9-3-5-14-6-4-9/h8-10H,3-7H2,1-2H3,(H,12,13). The van der Waals surface area contributed by atoms with Crippen molar-refractivity contribution in [2.75, 3.05) is 18.1 Å². The van der Waals surface area contributed by atoms with Crippen LogP contribution in [0.1, 0.15) is 26.7 Å². The van der Waals surface area contributed by atoms with Gasteiger partial charge in [-0.15, -0.1) is 0 Å². The van der Waals surface area contributed by atoms with Crippen LogP contribution in [0, 0.1) is 5.92 Å². The fourth-order valence-electron chi connectivity index (χ4n) is 1.83. The Bertz CT molecular complexity index is 235. The molecule has 2 heterocycles. The molecule has 2 rings (SSSR count). The minimum absolute atomic E-state index is 0.684. The van der Waals surface area contributed by atoms with Crippen molar-refractivity contribution in [3.05, 3.63) is 0 Å². The SMILES string of the molecule is CC(C)C1CN=C(NC2CCSCC2)S1. The maximum absolute atomic E-state index is 4.59. The molecule has 1 fully saturated rings. The summed E-state index contributed by atoms with van der Waals surface area (Å²) in [6.45, 7) is 5.58. The van der Waals surface area contributed by atoms with E-state index in [4.69, 9.17) is 0 Å². The first kappa shape index (κ1) is 11.6. The van der Waals surface area contributed by atoms with Gasteiger partial charge >= 0.3 is 0 Å². The molecule has 0 bridgehead atoms. The van der Waals surface area contributed by atoms with Crippen LogP contribution in [0.15, 0.2) is 4.99 Å². The zero-order chi connectivity index (χ0) is 10.7. The van der Waals surface area contributed by atoms with Gasteiger partial charge in [0, 0.05) is 11.3 Å². The summed E-state index contributed by atoms with van der Waals surface area (Å²) in [5.74, 6) is 3.35. The summed E-state index contributed by atoms with van der Waals surface area (Å²) in [5.41, 5.74) is 0. The van der Waals surface area contributed by atoms with E-state index in [1.807, 2.05) is 11.8 Å². The molecular weight excluding hydrogens is 224 g/mol. The third kappa shape index (κ3) is 3.31. The zero-order valence-corrected chi connectivity index (χ0v) is 11.2. The van der Waals surface area contributed by atoms with E-state index in [0.29, 0.717) is 11.3 Å². The average Bonchev–Trinajstić information content (AvgIpc) is 2.68. The first-order chi connectivity index (χ1) is 7.25. The Morgan fingerprint density at radius 2 is 2.07 bits per heavy atom. The highest BCUT2D eigenvalue weighted by atomic mass is 32.2. The molecule has 2 aliphatic heterocycles. The van der Waals surface area contributed by atoms with Crippen LogP contribution in [-0.2, 0) is 0 Å². The molecular formula is C11H20N2S2. The number of nitrogens with one attached hydrogen (secondary N) is 1. The molecule has 1 atom stereocenters. The number of rotatable bonds is 2. The first-order valence-electron chi connectivity index (χ1n) is 5.81. The fourth-order valence-corrected chi connectivity index (χ4v) is 4.03. The van der Waals surface area contributed by atoms with Gasteiger partial charge in [-0.1, -0.05) is 25.6 Å². The summed E-state index contributed by atoms with van der Waals surface area (Å²) in [6, 6.07) is 0.684. The second-order valence-corrected chi connectivity index (χ2v) is 7.03. The lowest BCUT2D eigenvalue weighted by Crippen LogP contribution is -2.35. The second-order valence-electron chi connectivity index (χ2n) is 4.58. The van der Waals surface area contributed by atoms with Crippen molar-refractivity contribution in [1.29, 1.82) is 0 Å². The Labute approximate surface area is 101 Å². The Morgan fingerprint density at radius 1 is 1.33 bits per heavy atom. The molecule has 2 aliphatic rings. The van der Waals surface area contributed by atoms with E-state index in [1.54, 1.807) is 0 Å². The van der Waals surface area contributed by atoms with E-state index in [1.165, 1.54) is 29.5 Å². The molecule has 4 heteroatoms. The van der Waals surface area contributed by atoms with Crippen molar-refractivity contribution in [2.45, 2.75) is 38.0 Å². The van der Waals surface area contributed by atoms with Crippen molar-refractivity contribution in [2.24, 2.45) is 10.9 Å². The van der Waals surface area contributed by atoms with Gasteiger partial charge in [-0.25, -0.2) is 0 Å². The van der Waals surface area contributed by atoms with Gasteiger partial charge in [0.1, 0.15) is 0 Å². The van der Waals surface area contributed by atoms with Crippen LogP contribution in [-0.4, -0.2) is 34.5 Å². The highest BCUT2D eigenvalue weighted by molar-refractivity contribution is 8.14. The highest BCUT2D eigenvalue weighted by Crippen LogP contribution is 2.27. The van der Waals surface area contributed by atoms with Gasteiger partial charge in [0.25, 0.3) is 0 Å². The number of thioether (sulfide) groups is 2. The van der Waals surface area contributed by atoms with Crippen molar-refractivity contribution >= 4 is 28.7 Å². The van der Waals surface area contributed by atoms with Gasteiger partial charge in [-0.2, -0.15) is 11.8 Å². The predicted octanol–water partition coefficient (Wildman–Crippen LogP) is 2.60. The third-order valence-electron chi connectivity index (χ3n) is 2.97. The van der Waals surface area contributed by atoms with Gasteiger partial charge in [0.2, 0.25) is 0 Å². The van der Waals surface area contributed by atoms with Crippen LogP contribution < -0.4 is 5.32 Å². The lowest BCUT2D eigenvalue weighted by atomic mass is 10.1. The lowest BCUT2D eigenvalue weighted by molar-refractivity contribution is 0.570. The molecule has 0 aromatic heterocycles. The summed E-state index contributed by atoms with van der Waals surface area (Å²) < 4.78 is 0. The number of hydrogen-bond donors (Lipinski definition) is 1. The molecule has 86 valence electrons. The van der Waals surface area contributed by atoms with E-state index >= 15 is 0 Å². The molecule has 0 amide bonds. The minimum Gasteiger partial charge on any atom is -0.362 e. The number of nitrogens with zero attached hydrogens (tertiary/aromatic N) is 1. The van der Waals surface area contributed by atoms with Crippen LogP contribution in [0.3, 0.4) is 0 Å². The number of aliphatic imine (C=N–C) groups is 1. The summed E-state index contributed by atoms with van der Waals surface area (Å²) in [4.78, 5) is 4.59. The highest BCUT2D eigenvalue weighted by Gasteiger charge is 2.24. The maximum atomic E-state index is 4.59. The Morgan fingerprint density at radius 3 is 2.67 bits per heavy atom. The molecule has 1 unspecified atom stereocenters. The number of amidine groups is 1. The van der Waals surface area contributed by atoms with Crippen molar-refractivity contribution in [3.8, 4) is 0 Å². The maximum Gasteiger partial charge on any atom is 0.157 e. The van der Waals surface area contributed by atoms with Crippen molar-refractivity contribution in [1.82, 2.24) is 5.32 Å². The molecule has 1 saturated heterocycles. The van der Waals surface area contributed by atoms with Gasteiger partial charge in [0.15, 0.2) is 5.17 Å². The zero-order valence-electron chi connectivity index (χ0n) is 9.53. The van der Waals surface area contributed by atoms with E-state index < -0.39 is 0 Å². The molecule has 0 aliphatic carbocycles. The van der Waals surface area contributed by atoms with Gasteiger partial charge in [-0.05, 0) is 30.3 Å². The Hall–Kier alpha value is 0.170. The number of hydrogen-bond acceptors (Lipinski definition) is 4. The molecule has 0 aromatic carbocycles. The summed E-state index contributed by atoms with van der Waals surface area (Å²) >= 11 is 4.02. The lowest BCUT2D eigenvalue weighted by Gasteiger charge is -2.23. The summed E-state index contributed by atoms with van der Waals surface area (Å²) in [5, 5.41) is 5.50. The fraction of sp³-hybridized carbons (Fsp3) is 0.909. The molecule has 0 saturated carbocycles. The van der Waals surface area contributed by atoms with Gasteiger partial charge in [0.05, 0.1) is 6.54 Å². The van der Waals surface area contributed by atoms with Crippen LogP contribution in [0.4, 0.5) is 0 Å². The molecule has 2 nitrogen and oxygen atoms in total. The minimum atomic E-state index is 0.684. The molecule has 1 N–H and O–H groups in total. The van der Waals surface area contributed by atoms with Crippen molar-refractivity contribution < 1.29 is 0 Å². The van der Waals surface area contributed by atoms with Crippen molar-refractivity contribution in [3.63, 3.8) is 0 Å². The summed E-state index contributed by atoms with van der Waals surface area (Å²) in [7, 11) is 0. The Kier molecular flexibility index (Phi) is 4.26. The van der Waals surface area contributed by atoms with E-state index in [9.17, 15) is 0 Å². The normalized spacial score (nSPS) is 28.2. The third-order valence-corrected chi connectivity index (χ3v) is 5.49. The van der Waals surface area contributed by atoms with Crippen LogP contribution in [0.25, 0.3) is 0 Å². The monoisotopic (exact) mass is 244 g/mol.